The van der Waals surface area contributed by atoms with E-state index in [-0.39, 0.29) is 0 Å². The molecule has 0 amide bonds. The van der Waals surface area contributed by atoms with Gasteiger partial charge in [-0.3, -0.25) is 4.57 Å². The first-order chi connectivity index (χ1) is 14.6. The highest BCUT2D eigenvalue weighted by atomic mass is 35.5. The van der Waals surface area contributed by atoms with Gasteiger partial charge in [-0.25, -0.2) is 9.97 Å². The van der Waals surface area contributed by atoms with Crippen LogP contribution in [0.5, 0.6) is 0 Å². The van der Waals surface area contributed by atoms with Crippen LogP contribution in [0, 0.1) is 18.8 Å². The number of benzene rings is 1. The van der Waals surface area contributed by atoms with Gasteiger partial charge in [-0.1, -0.05) is 23.2 Å². The minimum Gasteiger partial charge on any atom is -0.377 e. The molecule has 0 atom stereocenters. The first-order valence-corrected chi connectivity index (χ1v) is 9.74. The first kappa shape index (κ1) is 18.6. The highest BCUT2D eigenvalue weighted by Gasteiger charge is 2.25. The number of hydrogen-bond donors (Lipinski definition) is 0. The molecule has 1 aromatic carbocycles. The number of hydrogen-bond acceptors (Lipinski definition) is 5. The zero-order chi connectivity index (χ0) is 20.7. The van der Waals surface area contributed by atoms with Gasteiger partial charge in [-0.05, 0) is 43.0 Å². The molecule has 1 aliphatic rings. The summed E-state index contributed by atoms with van der Waals surface area (Å²) < 4.78 is 9.46. The number of nitrogens with zero attached hydrogens (tertiary/aromatic N) is 6. The van der Waals surface area contributed by atoms with Crippen LogP contribution in [0.15, 0.2) is 42.9 Å². The Morgan fingerprint density at radius 3 is 2.83 bits per heavy atom. The van der Waals surface area contributed by atoms with E-state index in [4.69, 9.17) is 16.3 Å². The van der Waals surface area contributed by atoms with Crippen LogP contribution >= 0.6 is 11.6 Å². The predicted octanol–water partition coefficient (Wildman–Crippen LogP) is 3.40. The monoisotopic (exact) mass is 416 g/mol. The molecule has 0 N–H and O–H groups in total. The van der Waals surface area contributed by atoms with Crippen LogP contribution in [0.25, 0.3) is 17.1 Å². The SMILES string of the molecule is COCc1nnc2n1Cc1c(C#Cc3ccc(Cl)cn3)ncn1-c1ccc(C)cc1-2. The first-order valence-electron chi connectivity index (χ1n) is 9.36. The lowest BCUT2D eigenvalue weighted by atomic mass is 10.1. The molecule has 0 saturated carbocycles. The van der Waals surface area contributed by atoms with E-state index in [1.165, 1.54) is 0 Å². The minimum atomic E-state index is 0.373. The van der Waals surface area contributed by atoms with E-state index in [0.29, 0.717) is 29.6 Å². The summed E-state index contributed by atoms with van der Waals surface area (Å²) in [5, 5.41) is 9.38. The number of ether oxygens (including phenoxy) is 1. The van der Waals surface area contributed by atoms with Gasteiger partial charge >= 0.3 is 0 Å². The summed E-state index contributed by atoms with van der Waals surface area (Å²) in [5.41, 5.74) is 5.42. The average molecular weight is 417 g/mol. The molecule has 0 unspecified atom stereocenters. The fourth-order valence-electron chi connectivity index (χ4n) is 3.54. The Bertz CT molecular complexity index is 1310. The maximum Gasteiger partial charge on any atom is 0.166 e. The molecule has 3 aromatic heterocycles. The number of fused-ring (bicyclic) bond motifs is 5. The van der Waals surface area contributed by atoms with Crippen molar-refractivity contribution in [1.82, 2.24) is 29.3 Å². The Morgan fingerprint density at radius 2 is 2.03 bits per heavy atom. The predicted molar refractivity (Wildman–Crippen MR) is 112 cm³/mol. The van der Waals surface area contributed by atoms with Crippen molar-refractivity contribution in [1.29, 1.82) is 0 Å². The largest absolute Gasteiger partial charge is 0.377 e. The second-order valence-electron chi connectivity index (χ2n) is 7.00. The fraction of sp³-hybridized carbons (Fsp3) is 0.182. The average Bonchev–Trinajstić information content (AvgIpc) is 3.29. The second-order valence-corrected chi connectivity index (χ2v) is 7.44. The maximum atomic E-state index is 5.91. The van der Waals surface area contributed by atoms with Crippen molar-refractivity contribution >= 4 is 11.6 Å². The summed E-state index contributed by atoms with van der Waals surface area (Å²) in [6.45, 7) is 2.97. The summed E-state index contributed by atoms with van der Waals surface area (Å²) in [7, 11) is 1.65. The van der Waals surface area contributed by atoms with Gasteiger partial charge in [-0.2, -0.15) is 0 Å². The Hall–Kier alpha value is -3.47. The molecule has 148 valence electrons. The number of imidazole rings is 1. The van der Waals surface area contributed by atoms with Crippen LogP contribution in [0.2, 0.25) is 5.02 Å². The zero-order valence-electron chi connectivity index (χ0n) is 16.4. The summed E-state index contributed by atoms with van der Waals surface area (Å²) >= 11 is 5.91. The van der Waals surface area contributed by atoms with Crippen molar-refractivity contribution in [2.75, 3.05) is 7.11 Å². The van der Waals surface area contributed by atoms with E-state index in [0.717, 1.165) is 34.2 Å². The molecule has 8 heteroatoms. The highest BCUT2D eigenvalue weighted by Crippen LogP contribution is 2.33. The molecular weight excluding hydrogens is 400 g/mol. The second kappa shape index (κ2) is 7.41. The topological polar surface area (TPSA) is 70.7 Å². The van der Waals surface area contributed by atoms with Crippen LogP contribution in [-0.2, 0) is 17.9 Å². The van der Waals surface area contributed by atoms with Gasteiger partial charge in [0.1, 0.15) is 24.3 Å². The molecular formula is C22H17ClN6O. The number of methoxy groups -OCH3 is 1. The van der Waals surface area contributed by atoms with Crippen molar-refractivity contribution in [3.05, 3.63) is 76.3 Å². The molecule has 0 saturated heterocycles. The van der Waals surface area contributed by atoms with Gasteiger partial charge in [0.2, 0.25) is 0 Å². The van der Waals surface area contributed by atoms with Gasteiger partial charge in [0.15, 0.2) is 11.6 Å². The third kappa shape index (κ3) is 3.16. The van der Waals surface area contributed by atoms with Gasteiger partial charge in [0.25, 0.3) is 0 Å². The lowest BCUT2D eigenvalue weighted by Crippen LogP contribution is -2.09. The van der Waals surface area contributed by atoms with Crippen LogP contribution in [0.1, 0.15) is 28.5 Å². The summed E-state index contributed by atoms with van der Waals surface area (Å²) in [5.74, 6) is 7.80. The third-order valence-electron chi connectivity index (χ3n) is 4.96. The molecule has 4 heterocycles. The molecule has 1 aliphatic heterocycles. The summed E-state index contributed by atoms with van der Waals surface area (Å²) in [6.07, 6.45) is 3.39. The van der Waals surface area contributed by atoms with E-state index in [1.54, 1.807) is 31.8 Å². The van der Waals surface area contributed by atoms with Crippen LogP contribution in [0.4, 0.5) is 0 Å². The van der Waals surface area contributed by atoms with Crippen LogP contribution in [0.3, 0.4) is 0 Å². The fourth-order valence-corrected chi connectivity index (χ4v) is 3.65. The molecule has 0 fully saturated rings. The molecule has 30 heavy (non-hydrogen) atoms. The van der Waals surface area contributed by atoms with Crippen molar-refractivity contribution < 1.29 is 4.74 Å². The Morgan fingerprint density at radius 1 is 1.13 bits per heavy atom. The number of rotatable bonds is 2. The number of pyridine rings is 1. The molecule has 0 radical (unpaired) electrons. The smallest absolute Gasteiger partial charge is 0.166 e. The van der Waals surface area contributed by atoms with E-state index in [2.05, 4.69) is 66.3 Å². The van der Waals surface area contributed by atoms with E-state index < -0.39 is 0 Å². The van der Waals surface area contributed by atoms with Crippen molar-refractivity contribution in [3.8, 4) is 28.9 Å². The normalized spacial score (nSPS) is 11.7. The molecule has 0 bridgehead atoms. The minimum absolute atomic E-state index is 0.373. The molecule has 7 nitrogen and oxygen atoms in total. The van der Waals surface area contributed by atoms with Gasteiger partial charge in [-0.15, -0.1) is 10.2 Å². The van der Waals surface area contributed by atoms with Crippen molar-refractivity contribution in [2.45, 2.75) is 20.1 Å². The Balaban J connectivity index is 1.67. The van der Waals surface area contributed by atoms with Crippen molar-refractivity contribution in [2.24, 2.45) is 0 Å². The molecule has 0 aliphatic carbocycles. The highest BCUT2D eigenvalue weighted by molar-refractivity contribution is 6.30. The van der Waals surface area contributed by atoms with Gasteiger partial charge < -0.3 is 9.30 Å². The quantitative estimate of drug-likeness (QED) is 0.412. The van der Waals surface area contributed by atoms with E-state index in [1.807, 2.05) is 0 Å². The number of halogens is 1. The molecule has 4 aromatic rings. The summed E-state index contributed by atoms with van der Waals surface area (Å²) in [6, 6.07) is 9.83. The number of aromatic nitrogens is 6. The zero-order valence-corrected chi connectivity index (χ0v) is 17.2. The molecule has 5 rings (SSSR count). The van der Waals surface area contributed by atoms with Gasteiger partial charge in [0, 0.05) is 18.9 Å². The summed E-state index contributed by atoms with van der Waals surface area (Å²) in [4.78, 5) is 8.81. The maximum absolute atomic E-state index is 5.91. The third-order valence-corrected chi connectivity index (χ3v) is 5.19. The van der Waals surface area contributed by atoms with Crippen LogP contribution < -0.4 is 0 Å². The Kier molecular flexibility index (Phi) is 4.58. The lowest BCUT2D eigenvalue weighted by molar-refractivity contribution is 0.174. The molecule has 0 spiro atoms. The standard InChI is InChI=1S/C22H17ClN6O/c1-14-3-8-19-17(9-14)22-27-26-21(12-30-2)28(22)11-20-18(25-13-29(19)20)7-6-16-5-4-15(23)10-24-16/h3-5,8-10,13H,11-12H2,1-2H3. The Labute approximate surface area is 178 Å². The lowest BCUT2D eigenvalue weighted by Gasteiger charge is -2.08. The van der Waals surface area contributed by atoms with Crippen molar-refractivity contribution in [3.63, 3.8) is 0 Å². The van der Waals surface area contributed by atoms with E-state index >= 15 is 0 Å². The number of aryl methyl sites for hydroxylation is 1. The van der Waals surface area contributed by atoms with Crippen LogP contribution in [-0.4, -0.2) is 36.4 Å². The van der Waals surface area contributed by atoms with Gasteiger partial charge in [0.05, 0.1) is 22.9 Å². The van der Waals surface area contributed by atoms with E-state index in [9.17, 15) is 0 Å².